The van der Waals surface area contributed by atoms with E-state index >= 15 is 0 Å². The number of hydrogen-bond acceptors (Lipinski definition) is 2. The average molecular weight is 246 g/mol. The summed E-state index contributed by atoms with van der Waals surface area (Å²) >= 11 is 0. The van der Waals surface area contributed by atoms with Crippen molar-refractivity contribution in [1.29, 1.82) is 0 Å². The molecule has 0 N–H and O–H groups in total. The largest absolute Gasteiger partial charge is 0.336 e. The molecule has 1 aromatic carbocycles. The summed E-state index contributed by atoms with van der Waals surface area (Å²) in [5, 5.41) is 2.38. The van der Waals surface area contributed by atoms with Gasteiger partial charge in [-0.2, -0.15) is 0 Å². The molecule has 0 aliphatic rings. The molecule has 1 amide bonds. The van der Waals surface area contributed by atoms with Crippen molar-refractivity contribution >= 4 is 16.8 Å². The van der Waals surface area contributed by atoms with E-state index < -0.39 is 0 Å². The number of aromatic nitrogens is 1. The molecule has 0 saturated carbocycles. The van der Waals surface area contributed by atoms with E-state index in [1.807, 2.05) is 42.7 Å². The molecular weight excluding hydrogens is 228 g/mol. The predicted molar refractivity (Wildman–Crippen MR) is 71.5 cm³/mol. The lowest BCUT2D eigenvalue weighted by Crippen LogP contribution is -2.28. The highest BCUT2D eigenvalue weighted by atomic mass is 16.7. The molecule has 0 fully saturated rings. The molecular formula is C14H18N2O2. The van der Waals surface area contributed by atoms with Crippen molar-refractivity contribution in [2.45, 2.75) is 20.4 Å². The van der Waals surface area contributed by atoms with Gasteiger partial charge in [-0.25, -0.2) is 5.06 Å². The standard InChI is InChI=1S/C14H18N2O2/c1-5-16-12-9-7-6-8-11(12)10(2)13(16)14(17)15(3)18-4/h6-9H,5H2,1-4H3. The second kappa shape index (κ2) is 4.82. The maximum Gasteiger partial charge on any atom is 0.294 e. The molecule has 4 heteroatoms. The summed E-state index contributed by atoms with van der Waals surface area (Å²) < 4.78 is 2.03. The van der Waals surface area contributed by atoms with Crippen molar-refractivity contribution < 1.29 is 9.63 Å². The fourth-order valence-corrected chi connectivity index (χ4v) is 2.31. The molecule has 0 atom stereocenters. The first-order chi connectivity index (χ1) is 8.61. The highest BCUT2D eigenvalue weighted by Gasteiger charge is 2.22. The van der Waals surface area contributed by atoms with E-state index in [4.69, 9.17) is 4.84 Å². The lowest BCUT2D eigenvalue weighted by Gasteiger charge is -2.16. The van der Waals surface area contributed by atoms with Crippen molar-refractivity contribution in [1.82, 2.24) is 9.63 Å². The molecule has 0 bridgehead atoms. The van der Waals surface area contributed by atoms with E-state index in [1.165, 1.54) is 12.2 Å². The van der Waals surface area contributed by atoms with Crippen molar-refractivity contribution in [2.24, 2.45) is 0 Å². The van der Waals surface area contributed by atoms with Crippen LogP contribution in [0.4, 0.5) is 0 Å². The van der Waals surface area contributed by atoms with Gasteiger partial charge in [-0.1, -0.05) is 18.2 Å². The first kappa shape index (κ1) is 12.6. The summed E-state index contributed by atoms with van der Waals surface area (Å²) in [6.45, 7) is 4.77. The van der Waals surface area contributed by atoms with Crippen LogP contribution >= 0.6 is 0 Å². The topological polar surface area (TPSA) is 34.5 Å². The van der Waals surface area contributed by atoms with Gasteiger partial charge in [0, 0.05) is 24.5 Å². The van der Waals surface area contributed by atoms with Gasteiger partial charge in [0.1, 0.15) is 5.69 Å². The summed E-state index contributed by atoms with van der Waals surface area (Å²) in [4.78, 5) is 17.3. The minimum Gasteiger partial charge on any atom is -0.336 e. The molecule has 0 radical (unpaired) electrons. The van der Waals surface area contributed by atoms with Gasteiger partial charge in [0.15, 0.2) is 0 Å². The first-order valence-corrected chi connectivity index (χ1v) is 6.01. The summed E-state index contributed by atoms with van der Waals surface area (Å²) in [5.41, 5.74) is 2.79. The van der Waals surface area contributed by atoms with Crippen LogP contribution in [0.25, 0.3) is 10.9 Å². The molecule has 1 aromatic heterocycles. The minimum atomic E-state index is -0.118. The molecule has 1 heterocycles. The second-order valence-corrected chi connectivity index (χ2v) is 4.22. The van der Waals surface area contributed by atoms with E-state index in [9.17, 15) is 4.79 Å². The van der Waals surface area contributed by atoms with E-state index in [1.54, 1.807) is 7.05 Å². The normalized spacial score (nSPS) is 10.9. The Kier molecular flexibility index (Phi) is 3.39. The van der Waals surface area contributed by atoms with Crippen LogP contribution in [0, 0.1) is 6.92 Å². The first-order valence-electron chi connectivity index (χ1n) is 6.01. The summed E-state index contributed by atoms with van der Waals surface area (Å²) in [5.74, 6) is -0.118. The third-order valence-electron chi connectivity index (χ3n) is 3.30. The lowest BCUT2D eigenvalue weighted by molar-refractivity contribution is -0.0763. The number of amides is 1. The highest BCUT2D eigenvalue weighted by Crippen LogP contribution is 2.26. The average Bonchev–Trinajstić information content (AvgIpc) is 2.70. The van der Waals surface area contributed by atoms with Crippen LogP contribution in [0.2, 0.25) is 0 Å². The number of carbonyl (C=O) groups is 1. The van der Waals surface area contributed by atoms with Crippen molar-refractivity contribution in [3.63, 3.8) is 0 Å². The Balaban J connectivity index is 2.70. The van der Waals surface area contributed by atoms with Crippen LogP contribution in [-0.2, 0) is 11.4 Å². The van der Waals surface area contributed by atoms with Crippen LogP contribution in [-0.4, -0.2) is 29.7 Å². The van der Waals surface area contributed by atoms with Crippen molar-refractivity contribution in [2.75, 3.05) is 14.2 Å². The SMILES string of the molecule is CCn1c(C(=O)N(C)OC)c(C)c2ccccc21. The predicted octanol–water partition coefficient (Wildman–Crippen LogP) is 2.60. The maximum atomic E-state index is 12.3. The van der Waals surface area contributed by atoms with Gasteiger partial charge in [0.05, 0.1) is 7.11 Å². The molecule has 0 unspecified atom stereocenters. The second-order valence-electron chi connectivity index (χ2n) is 4.22. The Morgan fingerprint density at radius 3 is 2.67 bits per heavy atom. The number of hydroxylamine groups is 2. The number of nitrogens with zero attached hydrogens (tertiary/aromatic N) is 2. The molecule has 18 heavy (non-hydrogen) atoms. The molecule has 4 nitrogen and oxygen atoms in total. The van der Waals surface area contributed by atoms with E-state index in [0.29, 0.717) is 5.69 Å². The van der Waals surface area contributed by atoms with Gasteiger partial charge in [0.25, 0.3) is 5.91 Å². The number of hydrogen-bond donors (Lipinski definition) is 0. The third-order valence-corrected chi connectivity index (χ3v) is 3.30. The third kappa shape index (κ3) is 1.78. The highest BCUT2D eigenvalue weighted by molar-refractivity contribution is 6.01. The van der Waals surface area contributed by atoms with Gasteiger partial charge >= 0.3 is 0 Å². The zero-order valence-corrected chi connectivity index (χ0v) is 11.2. The van der Waals surface area contributed by atoms with Crippen LogP contribution in [0.3, 0.4) is 0 Å². The maximum absolute atomic E-state index is 12.3. The van der Waals surface area contributed by atoms with Gasteiger partial charge in [-0.15, -0.1) is 0 Å². The van der Waals surface area contributed by atoms with Crippen LogP contribution in [0.5, 0.6) is 0 Å². The van der Waals surface area contributed by atoms with Gasteiger partial charge in [0.2, 0.25) is 0 Å². The van der Waals surface area contributed by atoms with E-state index in [-0.39, 0.29) is 5.91 Å². The molecule has 2 rings (SSSR count). The zero-order valence-electron chi connectivity index (χ0n) is 11.2. The number of benzene rings is 1. The zero-order chi connectivity index (χ0) is 13.3. The summed E-state index contributed by atoms with van der Waals surface area (Å²) in [6.07, 6.45) is 0. The molecule has 0 aliphatic heterocycles. The monoisotopic (exact) mass is 246 g/mol. The molecule has 2 aromatic rings. The Hall–Kier alpha value is -1.81. The smallest absolute Gasteiger partial charge is 0.294 e. The van der Waals surface area contributed by atoms with E-state index in [0.717, 1.165) is 23.0 Å². The quantitative estimate of drug-likeness (QED) is 0.780. The van der Waals surface area contributed by atoms with Gasteiger partial charge < -0.3 is 4.57 Å². The fraction of sp³-hybridized carbons (Fsp3) is 0.357. The molecule has 0 spiro atoms. The molecule has 0 aliphatic carbocycles. The van der Waals surface area contributed by atoms with Gasteiger partial charge in [-0.05, 0) is 25.5 Å². The number of aryl methyl sites for hydroxylation is 2. The number of para-hydroxylation sites is 1. The fourth-order valence-electron chi connectivity index (χ4n) is 2.31. The summed E-state index contributed by atoms with van der Waals surface area (Å²) in [7, 11) is 3.12. The number of carbonyl (C=O) groups excluding carboxylic acids is 1. The van der Waals surface area contributed by atoms with Crippen molar-refractivity contribution in [3.8, 4) is 0 Å². The lowest BCUT2D eigenvalue weighted by atomic mass is 10.1. The Morgan fingerprint density at radius 1 is 1.39 bits per heavy atom. The molecule has 0 saturated heterocycles. The number of fused-ring (bicyclic) bond motifs is 1. The Labute approximate surface area is 107 Å². The van der Waals surface area contributed by atoms with Crippen LogP contribution < -0.4 is 0 Å². The van der Waals surface area contributed by atoms with E-state index in [2.05, 4.69) is 0 Å². The van der Waals surface area contributed by atoms with Crippen LogP contribution in [0.15, 0.2) is 24.3 Å². The van der Waals surface area contributed by atoms with Crippen molar-refractivity contribution in [3.05, 3.63) is 35.5 Å². The minimum absolute atomic E-state index is 0.118. The summed E-state index contributed by atoms with van der Waals surface area (Å²) in [6, 6.07) is 8.06. The Morgan fingerprint density at radius 2 is 2.06 bits per heavy atom. The Bertz CT molecular complexity index is 587. The molecule has 96 valence electrons. The van der Waals surface area contributed by atoms with Gasteiger partial charge in [-0.3, -0.25) is 9.63 Å². The van der Waals surface area contributed by atoms with Crippen LogP contribution in [0.1, 0.15) is 23.0 Å². The number of rotatable bonds is 3.